The number of amides is 2. The van der Waals surface area contributed by atoms with Gasteiger partial charge in [-0.05, 0) is 43.0 Å². The first-order valence-electron chi connectivity index (χ1n) is 8.35. The normalized spacial score (nSPS) is 14.7. The highest BCUT2D eigenvalue weighted by atomic mass is 16.5. The van der Waals surface area contributed by atoms with Crippen molar-refractivity contribution in [2.24, 2.45) is 5.92 Å². The van der Waals surface area contributed by atoms with Crippen molar-refractivity contribution in [2.45, 2.75) is 45.6 Å². The van der Waals surface area contributed by atoms with Crippen molar-refractivity contribution in [3.05, 3.63) is 29.8 Å². The van der Waals surface area contributed by atoms with Gasteiger partial charge >= 0.3 is 0 Å². The van der Waals surface area contributed by atoms with Crippen LogP contribution in [0, 0.1) is 5.92 Å². The molecule has 1 aliphatic rings. The number of benzene rings is 1. The first-order valence-corrected chi connectivity index (χ1v) is 8.35. The second-order valence-corrected chi connectivity index (χ2v) is 6.47. The van der Waals surface area contributed by atoms with Crippen LogP contribution in [-0.2, 0) is 4.79 Å². The van der Waals surface area contributed by atoms with Gasteiger partial charge in [0.2, 0.25) is 0 Å². The fourth-order valence-electron chi connectivity index (χ4n) is 2.56. The molecule has 0 spiro atoms. The maximum absolute atomic E-state index is 12.1. The molecule has 1 aromatic carbocycles. The summed E-state index contributed by atoms with van der Waals surface area (Å²) in [5.41, 5.74) is 0.619. The van der Waals surface area contributed by atoms with Crippen molar-refractivity contribution in [2.75, 3.05) is 13.2 Å². The Labute approximate surface area is 137 Å². The lowest BCUT2D eigenvalue weighted by Crippen LogP contribution is -2.32. The monoisotopic (exact) mass is 318 g/mol. The Bertz CT molecular complexity index is 520. The summed E-state index contributed by atoms with van der Waals surface area (Å²) in [5, 5.41) is 5.84. The molecule has 0 aromatic heterocycles. The lowest BCUT2D eigenvalue weighted by molar-refractivity contribution is -0.123. The van der Waals surface area contributed by atoms with E-state index in [1.54, 1.807) is 24.3 Å². The number of hydrogen-bond acceptors (Lipinski definition) is 3. The Balaban J connectivity index is 1.77. The summed E-state index contributed by atoms with van der Waals surface area (Å²) in [5.74, 6) is 0.818. The average Bonchev–Trinajstić information content (AvgIpc) is 3.04. The molecule has 23 heavy (non-hydrogen) atoms. The predicted octanol–water partition coefficient (Wildman–Crippen LogP) is 2.51. The molecular weight excluding hydrogens is 292 g/mol. The average molecular weight is 318 g/mol. The van der Waals surface area contributed by atoms with E-state index in [0.717, 1.165) is 12.8 Å². The van der Waals surface area contributed by atoms with E-state index in [1.807, 2.05) is 13.8 Å². The van der Waals surface area contributed by atoms with E-state index in [0.29, 0.717) is 29.8 Å². The standard InChI is InChI=1S/C18H26N2O3/c1-13(2)11-19-17(21)12-23-16-9-7-14(8-10-16)18(22)20-15-5-3-4-6-15/h7-10,13,15H,3-6,11-12H2,1-2H3,(H,19,21)(H,20,22). The zero-order chi connectivity index (χ0) is 16.7. The Morgan fingerprint density at radius 1 is 1.17 bits per heavy atom. The molecule has 1 aromatic rings. The SMILES string of the molecule is CC(C)CNC(=O)COc1ccc(C(=O)NC2CCCC2)cc1. The number of carbonyl (C=O) groups is 2. The number of ether oxygens (including phenoxy) is 1. The zero-order valence-corrected chi connectivity index (χ0v) is 13.9. The highest BCUT2D eigenvalue weighted by Crippen LogP contribution is 2.18. The summed E-state index contributed by atoms with van der Waals surface area (Å²) in [7, 11) is 0. The largest absolute Gasteiger partial charge is 0.484 e. The summed E-state index contributed by atoms with van der Waals surface area (Å²) >= 11 is 0. The van der Waals surface area contributed by atoms with Gasteiger partial charge in [-0.3, -0.25) is 9.59 Å². The van der Waals surface area contributed by atoms with Crippen LogP contribution in [0.3, 0.4) is 0 Å². The van der Waals surface area contributed by atoms with Gasteiger partial charge in [0, 0.05) is 18.2 Å². The molecule has 0 saturated heterocycles. The molecule has 2 amide bonds. The van der Waals surface area contributed by atoms with Gasteiger partial charge in [0.05, 0.1) is 0 Å². The van der Waals surface area contributed by atoms with Gasteiger partial charge in [-0.2, -0.15) is 0 Å². The molecular formula is C18H26N2O3. The Morgan fingerprint density at radius 3 is 2.43 bits per heavy atom. The predicted molar refractivity (Wildman–Crippen MR) is 89.5 cm³/mol. The van der Waals surface area contributed by atoms with Crippen molar-refractivity contribution < 1.29 is 14.3 Å². The van der Waals surface area contributed by atoms with Crippen LogP contribution in [0.2, 0.25) is 0 Å². The van der Waals surface area contributed by atoms with E-state index >= 15 is 0 Å². The molecule has 0 bridgehead atoms. The summed E-state index contributed by atoms with van der Waals surface area (Å²) in [6.45, 7) is 4.70. The molecule has 1 aliphatic carbocycles. The summed E-state index contributed by atoms with van der Waals surface area (Å²) in [6.07, 6.45) is 4.52. The third-order valence-electron chi connectivity index (χ3n) is 3.88. The molecule has 0 heterocycles. The minimum absolute atomic E-state index is 0.0136. The minimum atomic E-state index is -0.137. The number of hydrogen-bond donors (Lipinski definition) is 2. The van der Waals surface area contributed by atoms with Gasteiger partial charge in [0.25, 0.3) is 11.8 Å². The van der Waals surface area contributed by atoms with Crippen LogP contribution in [0.25, 0.3) is 0 Å². The smallest absolute Gasteiger partial charge is 0.257 e. The van der Waals surface area contributed by atoms with Crippen LogP contribution in [0.4, 0.5) is 0 Å². The van der Waals surface area contributed by atoms with Gasteiger partial charge in [-0.15, -0.1) is 0 Å². The molecule has 1 fully saturated rings. The molecule has 2 rings (SSSR count). The Kier molecular flexibility index (Phi) is 6.44. The van der Waals surface area contributed by atoms with Crippen LogP contribution in [-0.4, -0.2) is 31.0 Å². The third kappa shape index (κ3) is 5.93. The second kappa shape index (κ2) is 8.56. The third-order valence-corrected chi connectivity index (χ3v) is 3.88. The van der Waals surface area contributed by atoms with E-state index in [4.69, 9.17) is 4.74 Å². The van der Waals surface area contributed by atoms with Crippen LogP contribution in [0.15, 0.2) is 24.3 Å². The molecule has 5 heteroatoms. The summed E-state index contributed by atoms with van der Waals surface area (Å²) < 4.78 is 5.42. The molecule has 0 atom stereocenters. The number of rotatable bonds is 7. The summed E-state index contributed by atoms with van der Waals surface area (Å²) in [6, 6.07) is 7.21. The van der Waals surface area contributed by atoms with Gasteiger partial charge in [-0.25, -0.2) is 0 Å². The summed E-state index contributed by atoms with van der Waals surface area (Å²) in [4.78, 5) is 23.7. The number of carbonyl (C=O) groups excluding carboxylic acids is 2. The maximum Gasteiger partial charge on any atom is 0.257 e. The van der Waals surface area contributed by atoms with Crippen LogP contribution < -0.4 is 15.4 Å². The van der Waals surface area contributed by atoms with Crippen LogP contribution >= 0.6 is 0 Å². The first-order chi connectivity index (χ1) is 11.0. The van der Waals surface area contributed by atoms with Crippen molar-refractivity contribution in [1.29, 1.82) is 0 Å². The minimum Gasteiger partial charge on any atom is -0.484 e. The second-order valence-electron chi connectivity index (χ2n) is 6.47. The maximum atomic E-state index is 12.1. The lowest BCUT2D eigenvalue weighted by atomic mass is 10.1. The quantitative estimate of drug-likeness (QED) is 0.812. The molecule has 0 radical (unpaired) electrons. The first kappa shape index (κ1) is 17.3. The zero-order valence-electron chi connectivity index (χ0n) is 13.9. The molecule has 126 valence electrons. The van der Waals surface area contributed by atoms with E-state index in [2.05, 4.69) is 10.6 Å². The van der Waals surface area contributed by atoms with Gasteiger partial charge < -0.3 is 15.4 Å². The van der Waals surface area contributed by atoms with Crippen molar-refractivity contribution >= 4 is 11.8 Å². The topological polar surface area (TPSA) is 67.4 Å². The number of nitrogens with one attached hydrogen (secondary N) is 2. The molecule has 2 N–H and O–H groups in total. The van der Waals surface area contributed by atoms with Crippen LogP contribution in [0.5, 0.6) is 5.75 Å². The highest BCUT2D eigenvalue weighted by molar-refractivity contribution is 5.94. The molecule has 5 nitrogen and oxygen atoms in total. The highest BCUT2D eigenvalue weighted by Gasteiger charge is 2.17. The van der Waals surface area contributed by atoms with Crippen molar-refractivity contribution in [3.8, 4) is 5.75 Å². The van der Waals surface area contributed by atoms with Crippen LogP contribution in [0.1, 0.15) is 49.9 Å². The van der Waals surface area contributed by atoms with Crippen molar-refractivity contribution in [1.82, 2.24) is 10.6 Å². The van der Waals surface area contributed by atoms with E-state index in [1.165, 1.54) is 12.8 Å². The molecule has 0 unspecified atom stereocenters. The van der Waals surface area contributed by atoms with Gasteiger partial charge in [0.1, 0.15) is 5.75 Å². The van der Waals surface area contributed by atoms with E-state index in [-0.39, 0.29) is 18.4 Å². The van der Waals surface area contributed by atoms with Gasteiger partial charge in [-0.1, -0.05) is 26.7 Å². The Hall–Kier alpha value is -2.04. The lowest BCUT2D eigenvalue weighted by Gasteiger charge is -2.12. The fraction of sp³-hybridized carbons (Fsp3) is 0.556. The molecule has 1 saturated carbocycles. The van der Waals surface area contributed by atoms with E-state index in [9.17, 15) is 9.59 Å². The van der Waals surface area contributed by atoms with Gasteiger partial charge in [0.15, 0.2) is 6.61 Å². The Morgan fingerprint density at radius 2 is 1.83 bits per heavy atom. The van der Waals surface area contributed by atoms with E-state index < -0.39 is 0 Å². The fourth-order valence-corrected chi connectivity index (χ4v) is 2.56. The van der Waals surface area contributed by atoms with Crippen molar-refractivity contribution in [3.63, 3.8) is 0 Å². The molecule has 0 aliphatic heterocycles.